The average Bonchev–Trinajstić information content (AvgIpc) is 2.55. The zero-order valence-corrected chi connectivity index (χ0v) is 12.9. The zero-order valence-electron chi connectivity index (χ0n) is 12.9. The predicted octanol–water partition coefficient (Wildman–Crippen LogP) is 2.10. The van der Waals surface area contributed by atoms with E-state index < -0.39 is 12.0 Å². The number of hydrogen-bond donors (Lipinski definition) is 2. The Kier molecular flexibility index (Phi) is 5.89. The van der Waals surface area contributed by atoms with Crippen LogP contribution in [0, 0.1) is 5.92 Å². The molecule has 2 rings (SSSR count). The van der Waals surface area contributed by atoms with Crippen molar-refractivity contribution in [3.8, 4) is 0 Å². The molecule has 1 aromatic heterocycles. The summed E-state index contributed by atoms with van der Waals surface area (Å²) in [5.74, 6) is 0.240. The van der Waals surface area contributed by atoms with Crippen molar-refractivity contribution in [1.82, 2.24) is 4.98 Å². The molecule has 0 aromatic carbocycles. The van der Waals surface area contributed by atoms with Crippen LogP contribution < -0.4 is 11.1 Å². The van der Waals surface area contributed by atoms with Crippen molar-refractivity contribution in [2.24, 2.45) is 11.7 Å². The Labute approximate surface area is 130 Å². The van der Waals surface area contributed by atoms with Gasteiger partial charge in [-0.2, -0.15) is 0 Å². The molecule has 1 aliphatic carbocycles. The lowest BCUT2D eigenvalue weighted by atomic mass is 9.85. The number of esters is 1. The molecule has 1 fully saturated rings. The molecule has 0 aliphatic heterocycles. The quantitative estimate of drug-likeness (QED) is 0.812. The van der Waals surface area contributed by atoms with Crippen molar-refractivity contribution >= 4 is 17.7 Å². The summed E-state index contributed by atoms with van der Waals surface area (Å²) in [4.78, 5) is 27.4. The molecule has 1 heterocycles. The van der Waals surface area contributed by atoms with Crippen LogP contribution in [0.2, 0.25) is 0 Å². The molecule has 1 saturated carbocycles. The number of pyridine rings is 1. The van der Waals surface area contributed by atoms with Crippen molar-refractivity contribution in [3.63, 3.8) is 0 Å². The number of rotatable bonds is 5. The number of anilines is 1. The second-order valence-electron chi connectivity index (χ2n) is 5.76. The number of ether oxygens (including phenoxy) is 1. The summed E-state index contributed by atoms with van der Waals surface area (Å²) in [6.07, 6.45) is 8.15. The van der Waals surface area contributed by atoms with E-state index in [1.807, 2.05) is 0 Å². The molecule has 0 saturated heterocycles. The van der Waals surface area contributed by atoms with E-state index in [0.29, 0.717) is 23.7 Å². The van der Waals surface area contributed by atoms with Gasteiger partial charge in [-0.15, -0.1) is 0 Å². The largest absolute Gasteiger partial charge is 0.465 e. The molecule has 1 unspecified atom stereocenters. The van der Waals surface area contributed by atoms with Gasteiger partial charge in [0.25, 0.3) is 0 Å². The van der Waals surface area contributed by atoms with Crippen molar-refractivity contribution in [1.29, 1.82) is 0 Å². The maximum Gasteiger partial charge on any atom is 0.339 e. The Morgan fingerprint density at radius 2 is 2.09 bits per heavy atom. The zero-order chi connectivity index (χ0) is 15.9. The highest BCUT2D eigenvalue weighted by Gasteiger charge is 2.21. The summed E-state index contributed by atoms with van der Waals surface area (Å²) in [5, 5.41) is 2.69. The minimum Gasteiger partial charge on any atom is -0.465 e. The summed E-state index contributed by atoms with van der Waals surface area (Å²) < 4.78 is 4.59. The summed E-state index contributed by atoms with van der Waals surface area (Å²) in [6, 6.07) is 2.60. The third-order valence-electron chi connectivity index (χ3n) is 4.08. The molecule has 0 spiro atoms. The van der Waals surface area contributed by atoms with Gasteiger partial charge in [0.05, 0.1) is 18.7 Å². The van der Waals surface area contributed by atoms with Crippen LogP contribution in [-0.4, -0.2) is 30.0 Å². The van der Waals surface area contributed by atoms with E-state index in [1.54, 1.807) is 12.1 Å². The molecule has 6 nitrogen and oxygen atoms in total. The highest BCUT2D eigenvalue weighted by atomic mass is 16.5. The minimum absolute atomic E-state index is 0.233. The number of nitrogens with two attached hydrogens (primary N) is 1. The van der Waals surface area contributed by atoms with Crippen LogP contribution in [0.3, 0.4) is 0 Å². The van der Waals surface area contributed by atoms with Gasteiger partial charge >= 0.3 is 5.97 Å². The van der Waals surface area contributed by atoms with Crippen molar-refractivity contribution in [2.75, 3.05) is 12.4 Å². The van der Waals surface area contributed by atoms with Crippen LogP contribution >= 0.6 is 0 Å². The van der Waals surface area contributed by atoms with E-state index >= 15 is 0 Å². The first kappa shape index (κ1) is 16.4. The fraction of sp³-hybridized carbons (Fsp3) is 0.562. The van der Waals surface area contributed by atoms with Crippen LogP contribution in [0.1, 0.15) is 48.9 Å². The van der Waals surface area contributed by atoms with Gasteiger partial charge in [-0.05, 0) is 24.5 Å². The maximum absolute atomic E-state index is 12.1. The molecule has 1 aliphatic rings. The molecule has 120 valence electrons. The van der Waals surface area contributed by atoms with Gasteiger partial charge in [-0.3, -0.25) is 4.79 Å². The van der Waals surface area contributed by atoms with Gasteiger partial charge < -0.3 is 15.8 Å². The normalized spacial score (nSPS) is 16.8. The van der Waals surface area contributed by atoms with E-state index in [1.165, 1.54) is 32.6 Å². The lowest BCUT2D eigenvalue weighted by molar-refractivity contribution is -0.117. The molecule has 1 amide bonds. The lowest BCUT2D eigenvalue weighted by Crippen LogP contribution is -2.37. The molecule has 3 N–H and O–H groups in total. The Morgan fingerprint density at radius 1 is 1.36 bits per heavy atom. The van der Waals surface area contributed by atoms with Gasteiger partial charge in [0.2, 0.25) is 5.91 Å². The van der Waals surface area contributed by atoms with E-state index in [2.05, 4.69) is 15.0 Å². The second-order valence-corrected chi connectivity index (χ2v) is 5.76. The summed E-state index contributed by atoms with van der Waals surface area (Å²) in [7, 11) is 1.31. The van der Waals surface area contributed by atoms with Gasteiger partial charge in [0.15, 0.2) is 0 Å². The highest BCUT2D eigenvalue weighted by molar-refractivity contribution is 5.94. The van der Waals surface area contributed by atoms with Gasteiger partial charge in [-0.25, -0.2) is 9.78 Å². The van der Waals surface area contributed by atoms with Crippen molar-refractivity contribution in [3.05, 3.63) is 23.9 Å². The standard InChI is InChI=1S/C16H23N3O3/c1-22-16(21)12-7-8-14(18-10-12)19-15(20)13(17)9-11-5-3-2-4-6-11/h7-8,10-11,13H,2-6,9,17H2,1H3,(H,18,19,20). The van der Waals surface area contributed by atoms with Gasteiger partial charge in [0, 0.05) is 6.20 Å². The molecule has 0 radical (unpaired) electrons. The number of amides is 1. The summed E-state index contributed by atoms with van der Waals surface area (Å²) in [6.45, 7) is 0. The number of hydrogen-bond acceptors (Lipinski definition) is 5. The first-order valence-electron chi connectivity index (χ1n) is 7.71. The third-order valence-corrected chi connectivity index (χ3v) is 4.08. The molecular formula is C16H23N3O3. The fourth-order valence-electron chi connectivity index (χ4n) is 2.81. The number of methoxy groups -OCH3 is 1. The monoisotopic (exact) mass is 305 g/mol. The number of carbonyl (C=O) groups is 2. The average molecular weight is 305 g/mol. The summed E-state index contributed by atoms with van der Waals surface area (Å²) in [5.41, 5.74) is 6.32. The summed E-state index contributed by atoms with van der Waals surface area (Å²) >= 11 is 0. The first-order chi connectivity index (χ1) is 10.6. The number of carbonyl (C=O) groups excluding carboxylic acids is 2. The van der Waals surface area contributed by atoms with Crippen molar-refractivity contribution in [2.45, 2.75) is 44.6 Å². The number of nitrogens with one attached hydrogen (secondary N) is 1. The molecule has 6 heteroatoms. The molecule has 1 atom stereocenters. The van der Waals surface area contributed by atoms with E-state index in [9.17, 15) is 9.59 Å². The maximum atomic E-state index is 12.1. The van der Waals surface area contributed by atoms with Crippen LogP contribution in [-0.2, 0) is 9.53 Å². The molecular weight excluding hydrogens is 282 g/mol. The highest BCUT2D eigenvalue weighted by Crippen LogP contribution is 2.27. The Morgan fingerprint density at radius 3 is 2.68 bits per heavy atom. The van der Waals surface area contributed by atoms with Crippen molar-refractivity contribution < 1.29 is 14.3 Å². The Bertz CT molecular complexity index is 510. The SMILES string of the molecule is COC(=O)c1ccc(NC(=O)C(N)CC2CCCCC2)nc1. The smallest absolute Gasteiger partial charge is 0.339 e. The Hall–Kier alpha value is -1.95. The van der Waals surface area contributed by atoms with E-state index in [-0.39, 0.29) is 5.91 Å². The minimum atomic E-state index is -0.523. The lowest BCUT2D eigenvalue weighted by Gasteiger charge is -2.24. The molecule has 22 heavy (non-hydrogen) atoms. The number of nitrogens with zero attached hydrogens (tertiary/aromatic N) is 1. The van der Waals surface area contributed by atoms with Crippen LogP contribution in [0.5, 0.6) is 0 Å². The topological polar surface area (TPSA) is 94.3 Å². The first-order valence-corrected chi connectivity index (χ1v) is 7.71. The molecule has 1 aromatic rings. The van der Waals surface area contributed by atoms with Gasteiger partial charge in [-0.1, -0.05) is 32.1 Å². The predicted molar refractivity (Wildman–Crippen MR) is 83.4 cm³/mol. The molecule has 0 bridgehead atoms. The van der Waals surface area contributed by atoms with Gasteiger partial charge in [0.1, 0.15) is 5.82 Å². The van der Waals surface area contributed by atoms with E-state index in [0.717, 1.165) is 12.8 Å². The second kappa shape index (κ2) is 7.89. The Balaban J connectivity index is 1.86. The fourth-order valence-corrected chi connectivity index (χ4v) is 2.81. The van der Waals surface area contributed by atoms with E-state index in [4.69, 9.17) is 5.73 Å². The van der Waals surface area contributed by atoms with Crippen LogP contribution in [0.4, 0.5) is 5.82 Å². The number of aromatic nitrogens is 1. The van der Waals surface area contributed by atoms with Crippen LogP contribution in [0.15, 0.2) is 18.3 Å². The third kappa shape index (κ3) is 4.53. The van der Waals surface area contributed by atoms with Crippen LogP contribution in [0.25, 0.3) is 0 Å².